The highest BCUT2D eigenvalue weighted by Gasteiger charge is 2.15. The number of Topliss-reactive ketones (excluding diaryl/α,β-unsaturated/α-hetero) is 1. The van der Waals surface area contributed by atoms with Crippen LogP contribution in [-0.4, -0.2) is 11.7 Å². The second kappa shape index (κ2) is 2.84. The lowest BCUT2D eigenvalue weighted by Crippen LogP contribution is -2.22. The van der Waals surface area contributed by atoms with Gasteiger partial charge in [0.15, 0.2) is 0 Å². The third-order valence-corrected chi connectivity index (χ3v) is 2.31. The minimum absolute atomic E-state index is 0.442. The molecule has 0 spiro atoms. The van der Waals surface area contributed by atoms with E-state index in [2.05, 4.69) is 0 Å². The molecule has 0 unspecified atom stereocenters. The summed E-state index contributed by atoms with van der Waals surface area (Å²) in [6.07, 6.45) is 0. The van der Waals surface area contributed by atoms with Crippen molar-refractivity contribution in [1.82, 2.24) is 0 Å². The third kappa shape index (κ3) is 1.46. The lowest BCUT2D eigenvalue weighted by Gasteiger charge is -1.91. The van der Waals surface area contributed by atoms with Gasteiger partial charge < -0.3 is 5.73 Å². The first-order valence-electron chi connectivity index (χ1n) is 3.01. The van der Waals surface area contributed by atoms with Crippen LogP contribution in [0.4, 0.5) is 0 Å². The van der Waals surface area contributed by atoms with E-state index < -0.39 is 11.7 Å². The number of primary amides is 1. The van der Waals surface area contributed by atoms with E-state index in [-0.39, 0.29) is 0 Å². The molecular formula is C7H7NO2S. The normalized spacial score (nSPS) is 9.55. The van der Waals surface area contributed by atoms with Gasteiger partial charge in [0.25, 0.3) is 11.7 Å². The van der Waals surface area contributed by atoms with Crippen molar-refractivity contribution in [3.8, 4) is 0 Å². The smallest absolute Gasteiger partial charge is 0.290 e. The average molecular weight is 169 g/mol. The average Bonchev–Trinajstić information content (AvgIpc) is 2.33. The van der Waals surface area contributed by atoms with Gasteiger partial charge in [-0.15, -0.1) is 11.3 Å². The van der Waals surface area contributed by atoms with Crippen LogP contribution >= 0.6 is 11.3 Å². The maximum atomic E-state index is 11.0. The molecular weight excluding hydrogens is 162 g/mol. The van der Waals surface area contributed by atoms with Crippen molar-refractivity contribution in [3.05, 3.63) is 21.9 Å². The zero-order valence-electron chi connectivity index (χ0n) is 5.96. The maximum absolute atomic E-state index is 11.0. The van der Waals surface area contributed by atoms with Gasteiger partial charge in [0.05, 0.1) is 4.88 Å². The van der Waals surface area contributed by atoms with Gasteiger partial charge in [-0.3, -0.25) is 9.59 Å². The van der Waals surface area contributed by atoms with E-state index in [9.17, 15) is 9.59 Å². The van der Waals surface area contributed by atoms with Crippen LogP contribution in [0.15, 0.2) is 11.4 Å². The van der Waals surface area contributed by atoms with Gasteiger partial charge in [0.1, 0.15) is 0 Å². The minimum atomic E-state index is -0.893. The first-order valence-corrected chi connectivity index (χ1v) is 3.89. The quantitative estimate of drug-likeness (QED) is 0.524. The van der Waals surface area contributed by atoms with Crippen molar-refractivity contribution in [3.63, 3.8) is 0 Å². The number of amides is 1. The number of aryl methyl sites for hydroxylation is 1. The fraction of sp³-hybridized carbons (Fsp3) is 0.143. The fourth-order valence-electron chi connectivity index (χ4n) is 0.717. The van der Waals surface area contributed by atoms with E-state index in [0.717, 1.165) is 5.56 Å². The van der Waals surface area contributed by atoms with Crippen LogP contribution in [-0.2, 0) is 4.79 Å². The van der Waals surface area contributed by atoms with Crippen molar-refractivity contribution in [2.24, 2.45) is 5.73 Å². The number of nitrogens with two attached hydrogens (primary N) is 1. The van der Waals surface area contributed by atoms with Gasteiger partial charge >= 0.3 is 0 Å². The number of carbonyl (C=O) groups is 2. The van der Waals surface area contributed by atoms with Crippen molar-refractivity contribution < 1.29 is 9.59 Å². The summed E-state index contributed by atoms with van der Waals surface area (Å²) >= 11 is 1.24. The van der Waals surface area contributed by atoms with Gasteiger partial charge in [0.2, 0.25) is 0 Å². The molecule has 58 valence electrons. The first kappa shape index (κ1) is 7.94. The summed E-state index contributed by atoms with van der Waals surface area (Å²) in [7, 11) is 0. The van der Waals surface area contributed by atoms with E-state index in [1.807, 2.05) is 0 Å². The Hall–Kier alpha value is -1.16. The molecule has 11 heavy (non-hydrogen) atoms. The molecule has 0 aliphatic rings. The maximum Gasteiger partial charge on any atom is 0.290 e. The molecule has 1 amide bonds. The lowest BCUT2D eigenvalue weighted by atomic mass is 10.2. The molecule has 0 saturated carbocycles. The van der Waals surface area contributed by atoms with Crippen LogP contribution in [0, 0.1) is 6.92 Å². The molecule has 2 N–H and O–H groups in total. The SMILES string of the molecule is Cc1ccsc1C(=O)C(N)=O. The summed E-state index contributed by atoms with van der Waals surface area (Å²) in [6.45, 7) is 1.77. The Kier molecular flexibility index (Phi) is 2.05. The highest BCUT2D eigenvalue weighted by Crippen LogP contribution is 2.15. The highest BCUT2D eigenvalue weighted by atomic mass is 32.1. The van der Waals surface area contributed by atoms with E-state index in [1.54, 1.807) is 18.4 Å². The summed E-state index contributed by atoms with van der Waals surface area (Å²) < 4.78 is 0. The Morgan fingerprint density at radius 1 is 1.55 bits per heavy atom. The summed E-state index contributed by atoms with van der Waals surface area (Å²) in [6, 6.07) is 1.78. The molecule has 0 saturated heterocycles. The highest BCUT2D eigenvalue weighted by molar-refractivity contribution is 7.13. The van der Waals surface area contributed by atoms with E-state index in [1.165, 1.54) is 11.3 Å². The van der Waals surface area contributed by atoms with Gasteiger partial charge in [0, 0.05) is 0 Å². The van der Waals surface area contributed by atoms with Crippen molar-refractivity contribution in [1.29, 1.82) is 0 Å². The van der Waals surface area contributed by atoms with Crippen LogP contribution in [0.5, 0.6) is 0 Å². The Bertz CT molecular complexity index is 303. The fourth-order valence-corrected chi connectivity index (χ4v) is 1.59. The van der Waals surface area contributed by atoms with Gasteiger partial charge in [-0.05, 0) is 23.9 Å². The van der Waals surface area contributed by atoms with Crippen molar-refractivity contribution in [2.75, 3.05) is 0 Å². The summed E-state index contributed by atoms with van der Waals surface area (Å²) in [5, 5.41) is 1.76. The molecule has 0 bridgehead atoms. The Morgan fingerprint density at radius 3 is 2.55 bits per heavy atom. The largest absolute Gasteiger partial charge is 0.363 e. The van der Waals surface area contributed by atoms with Crippen LogP contribution in [0.25, 0.3) is 0 Å². The topological polar surface area (TPSA) is 60.2 Å². The van der Waals surface area contributed by atoms with Crippen molar-refractivity contribution in [2.45, 2.75) is 6.92 Å². The molecule has 0 radical (unpaired) electrons. The number of carbonyl (C=O) groups excluding carboxylic acids is 2. The molecule has 0 fully saturated rings. The summed E-state index contributed by atoms with van der Waals surface area (Å²) in [5.74, 6) is -1.49. The number of hydrogen-bond donors (Lipinski definition) is 1. The summed E-state index contributed by atoms with van der Waals surface area (Å²) in [4.78, 5) is 21.8. The van der Waals surface area contributed by atoms with E-state index in [4.69, 9.17) is 5.73 Å². The Morgan fingerprint density at radius 2 is 2.18 bits per heavy atom. The molecule has 1 heterocycles. The molecule has 1 rings (SSSR count). The predicted octanol–water partition coefficient (Wildman–Crippen LogP) is 0.725. The molecule has 1 aromatic heterocycles. The second-order valence-corrected chi connectivity index (χ2v) is 3.04. The zero-order valence-corrected chi connectivity index (χ0v) is 6.77. The van der Waals surface area contributed by atoms with Crippen LogP contribution in [0.2, 0.25) is 0 Å². The Balaban J connectivity index is 3.02. The van der Waals surface area contributed by atoms with Crippen LogP contribution in [0.1, 0.15) is 15.2 Å². The molecule has 1 aromatic rings. The van der Waals surface area contributed by atoms with E-state index >= 15 is 0 Å². The second-order valence-electron chi connectivity index (χ2n) is 2.13. The molecule has 0 atom stereocenters. The van der Waals surface area contributed by atoms with E-state index in [0.29, 0.717) is 4.88 Å². The molecule has 3 nitrogen and oxygen atoms in total. The van der Waals surface area contributed by atoms with Crippen molar-refractivity contribution >= 4 is 23.0 Å². The first-order chi connectivity index (χ1) is 5.13. The Labute approximate surface area is 67.8 Å². The number of thiophene rings is 1. The standard InChI is InChI=1S/C7H7NO2S/c1-4-2-3-11-6(4)5(9)7(8)10/h2-3H,1H3,(H2,8,10). The van der Waals surface area contributed by atoms with Gasteiger partial charge in [-0.25, -0.2) is 0 Å². The van der Waals surface area contributed by atoms with Crippen LogP contribution < -0.4 is 5.73 Å². The molecule has 4 heteroatoms. The minimum Gasteiger partial charge on any atom is -0.363 e. The molecule has 0 aliphatic carbocycles. The lowest BCUT2D eigenvalue weighted by molar-refractivity contribution is -0.114. The summed E-state index contributed by atoms with van der Waals surface area (Å²) in [5.41, 5.74) is 5.62. The number of rotatable bonds is 2. The van der Waals surface area contributed by atoms with Crippen LogP contribution in [0.3, 0.4) is 0 Å². The third-order valence-electron chi connectivity index (χ3n) is 1.29. The number of hydrogen-bond acceptors (Lipinski definition) is 3. The molecule has 0 aliphatic heterocycles. The van der Waals surface area contributed by atoms with Gasteiger partial charge in [-0.2, -0.15) is 0 Å². The molecule has 0 aromatic carbocycles. The monoisotopic (exact) mass is 169 g/mol. The van der Waals surface area contributed by atoms with Gasteiger partial charge in [-0.1, -0.05) is 0 Å². The predicted molar refractivity (Wildman–Crippen MR) is 42.6 cm³/mol. The number of ketones is 1. The zero-order chi connectivity index (χ0) is 8.43.